The molecule has 1 aromatic rings. The van der Waals surface area contributed by atoms with Crippen LogP contribution in [-0.4, -0.2) is 18.9 Å². The number of hydrogen-bond donors (Lipinski definition) is 1. The van der Waals surface area contributed by atoms with E-state index < -0.39 is 5.41 Å². The van der Waals surface area contributed by atoms with E-state index in [9.17, 15) is 9.59 Å². The maximum absolute atomic E-state index is 12.2. The third kappa shape index (κ3) is 1.76. The van der Waals surface area contributed by atoms with Gasteiger partial charge < -0.3 is 10.2 Å². The lowest BCUT2D eigenvalue weighted by Gasteiger charge is -2.33. The Bertz CT molecular complexity index is 641. The molecule has 0 saturated heterocycles. The van der Waals surface area contributed by atoms with Crippen molar-refractivity contribution in [1.29, 1.82) is 5.26 Å². The predicted molar refractivity (Wildman–Crippen MR) is 74.1 cm³/mol. The van der Waals surface area contributed by atoms with Gasteiger partial charge in [-0.05, 0) is 43.0 Å². The van der Waals surface area contributed by atoms with Gasteiger partial charge in [-0.15, -0.1) is 0 Å². The van der Waals surface area contributed by atoms with E-state index >= 15 is 0 Å². The summed E-state index contributed by atoms with van der Waals surface area (Å²) in [5, 5.41) is 12.0. The summed E-state index contributed by atoms with van der Waals surface area (Å²) in [6.45, 7) is 0. The molecule has 1 aliphatic heterocycles. The maximum Gasteiger partial charge on any atom is 0.244 e. The highest BCUT2D eigenvalue weighted by molar-refractivity contribution is 6.02. The minimum absolute atomic E-state index is 0.0518. The Morgan fingerprint density at radius 1 is 1.45 bits per heavy atom. The first-order valence-electron chi connectivity index (χ1n) is 6.68. The van der Waals surface area contributed by atoms with Crippen molar-refractivity contribution < 1.29 is 9.59 Å². The van der Waals surface area contributed by atoms with Gasteiger partial charge in [0.1, 0.15) is 5.41 Å². The van der Waals surface area contributed by atoms with Crippen LogP contribution in [0.1, 0.15) is 24.8 Å². The molecule has 0 bridgehead atoms. The van der Waals surface area contributed by atoms with Crippen LogP contribution in [0.3, 0.4) is 0 Å². The number of fused-ring (bicyclic) bond motifs is 1. The number of anilines is 2. The lowest BCUT2D eigenvalue weighted by atomic mass is 9.69. The number of carbonyl (C=O) groups is 2. The molecule has 5 nitrogen and oxygen atoms in total. The van der Waals surface area contributed by atoms with Crippen molar-refractivity contribution in [1.82, 2.24) is 0 Å². The molecule has 0 atom stereocenters. The second-order valence-corrected chi connectivity index (χ2v) is 5.47. The summed E-state index contributed by atoms with van der Waals surface area (Å²) >= 11 is 0. The van der Waals surface area contributed by atoms with E-state index in [4.69, 9.17) is 5.26 Å². The zero-order chi connectivity index (χ0) is 14.3. The molecule has 1 saturated carbocycles. The number of rotatable bonds is 2. The Hall–Kier alpha value is -2.35. The number of nitrogens with one attached hydrogen (secondary N) is 1. The fourth-order valence-electron chi connectivity index (χ4n) is 2.72. The summed E-state index contributed by atoms with van der Waals surface area (Å²) in [7, 11) is 1.74. The van der Waals surface area contributed by atoms with Gasteiger partial charge in [0.25, 0.3) is 0 Å². The second-order valence-electron chi connectivity index (χ2n) is 5.47. The molecule has 1 aliphatic carbocycles. The van der Waals surface area contributed by atoms with E-state index in [0.29, 0.717) is 24.9 Å². The Morgan fingerprint density at radius 2 is 2.20 bits per heavy atom. The predicted octanol–water partition coefficient (Wildman–Crippen LogP) is 1.84. The van der Waals surface area contributed by atoms with Crippen molar-refractivity contribution in [3.63, 3.8) is 0 Å². The van der Waals surface area contributed by atoms with Gasteiger partial charge in [-0.2, -0.15) is 5.26 Å². The summed E-state index contributed by atoms with van der Waals surface area (Å²) in [5.41, 5.74) is 1.59. The van der Waals surface area contributed by atoms with E-state index in [-0.39, 0.29) is 11.8 Å². The Kier molecular flexibility index (Phi) is 2.75. The number of nitriles is 1. The fourth-order valence-corrected chi connectivity index (χ4v) is 2.72. The first-order chi connectivity index (χ1) is 9.55. The average molecular weight is 269 g/mol. The van der Waals surface area contributed by atoms with Crippen LogP contribution in [0.4, 0.5) is 11.4 Å². The van der Waals surface area contributed by atoms with Crippen LogP contribution in [0.25, 0.3) is 0 Å². The monoisotopic (exact) mass is 269 g/mol. The van der Waals surface area contributed by atoms with Crippen molar-refractivity contribution in [3.05, 3.63) is 23.8 Å². The fraction of sp³-hybridized carbons (Fsp3) is 0.400. The normalized spacial score (nSPS) is 19.0. The van der Waals surface area contributed by atoms with E-state index in [2.05, 4.69) is 11.4 Å². The summed E-state index contributed by atoms with van der Waals surface area (Å²) in [5.74, 6) is -0.181. The molecule has 2 amide bonds. The van der Waals surface area contributed by atoms with Gasteiger partial charge in [0, 0.05) is 18.4 Å². The molecule has 1 fully saturated rings. The Labute approximate surface area is 117 Å². The minimum Gasteiger partial charge on any atom is -0.325 e. The van der Waals surface area contributed by atoms with E-state index in [1.54, 1.807) is 18.0 Å². The van der Waals surface area contributed by atoms with Crippen molar-refractivity contribution in [2.45, 2.75) is 25.7 Å². The van der Waals surface area contributed by atoms with Gasteiger partial charge in [-0.25, -0.2) is 0 Å². The van der Waals surface area contributed by atoms with Gasteiger partial charge in [0.2, 0.25) is 11.8 Å². The third-order valence-electron chi connectivity index (χ3n) is 4.27. The first kappa shape index (κ1) is 12.7. The number of likely N-dealkylation sites (N-methyl/N-ethyl adjacent to an activating group) is 1. The van der Waals surface area contributed by atoms with Crippen molar-refractivity contribution in [2.24, 2.45) is 5.41 Å². The highest BCUT2D eigenvalue weighted by Crippen LogP contribution is 2.41. The van der Waals surface area contributed by atoms with Crippen LogP contribution < -0.4 is 10.2 Å². The molecule has 2 aliphatic rings. The Balaban J connectivity index is 1.80. The van der Waals surface area contributed by atoms with Gasteiger partial charge in [-0.3, -0.25) is 9.59 Å². The van der Waals surface area contributed by atoms with Crippen LogP contribution in [0.2, 0.25) is 0 Å². The van der Waals surface area contributed by atoms with Crippen LogP contribution in [0, 0.1) is 16.7 Å². The Morgan fingerprint density at radius 3 is 2.80 bits per heavy atom. The molecule has 0 spiro atoms. The highest BCUT2D eigenvalue weighted by atomic mass is 16.2. The molecule has 5 heteroatoms. The average Bonchev–Trinajstić information content (AvgIpc) is 2.64. The summed E-state index contributed by atoms with van der Waals surface area (Å²) < 4.78 is 0. The van der Waals surface area contributed by atoms with Crippen molar-refractivity contribution in [2.75, 3.05) is 17.3 Å². The molecular formula is C15H15N3O2. The largest absolute Gasteiger partial charge is 0.325 e. The third-order valence-corrected chi connectivity index (χ3v) is 4.27. The highest BCUT2D eigenvalue weighted by Gasteiger charge is 2.44. The van der Waals surface area contributed by atoms with E-state index in [1.807, 2.05) is 12.1 Å². The summed E-state index contributed by atoms with van der Waals surface area (Å²) in [4.78, 5) is 25.4. The lowest BCUT2D eigenvalue weighted by Crippen LogP contribution is -2.40. The van der Waals surface area contributed by atoms with Crippen molar-refractivity contribution in [3.8, 4) is 6.07 Å². The van der Waals surface area contributed by atoms with Crippen LogP contribution in [0.15, 0.2) is 18.2 Å². The molecule has 102 valence electrons. The molecule has 1 N–H and O–H groups in total. The first-order valence-corrected chi connectivity index (χ1v) is 6.68. The van der Waals surface area contributed by atoms with Gasteiger partial charge in [-0.1, -0.05) is 0 Å². The van der Waals surface area contributed by atoms with Crippen LogP contribution in [-0.2, 0) is 16.0 Å². The standard InChI is InChI=1S/C15H15N3O2/c1-18-12-4-3-11(7-10(12)8-13(18)19)17-14(20)15(9-16)5-2-6-15/h3-4,7H,2,5-6,8H2,1H3,(H,17,20). The smallest absolute Gasteiger partial charge is 0.244 e. The van der Waals surface area contributed by atoms with Gasteiger partial charge in [0.15, 0.2) is 0 Å². The van der Waals surface area contributed by atoms with Gasteiger partial charge in [0.05, 0.1) is 12.5 Å². The topological polar surface area (TPSA) is 73.2 Å². The second kappa shape index (κ2) is 4.34. The molecule has 0 aromatic heterocycles. The van der Waals surface area contributed by atoms with E-state index in [0.717, 1.165) is 17.7 Å². The molecule has 0 radical (unpaired) electrons. The van der Waals surface area contributed by atoms with Crippen LogP contribution in [0.5, 0.6) is 0 Å². The lowest BCUT2D eigenvalue weighted by molar-refractivity contribution is -0.126. The number of amides is 2. The molecule has 0 unspecified atom stereocenters. The molecule has 1 aromatic carbocycles. The zero-order valence-corrected chi connectivity index (χ0v) is 11.3. The molecule has 20 heavy (non-hydrogen) atoms. The molecule has 3 rings (SSSR count). The van der Waals surface area contributed by atoms with E-state index in [1.165, 1.54) is 0 Å². The number of nitrogens with zero attached hydrogens (tertiary/aromatic N) is 2. The quantitative estimate of drug-likeness (QED) is 0.890. The van der Waals surface area contributed by atoms with Crippen LogP contribution >= 0.6 is 0 Å². The molecular weight excluding hydrogens is 254 g/mol. The maximum atomic E-state index is 12.2. The summed E-state index contributed by atoms with van der Waals surface area (Å²) in [6, 6.07) is 7.55. The zero-order valence-electron chi connectivity index (χ0n) is 11.3. The number of carbonyl (C=O) groups excluding carboxylic acids is 2. The van der Waals surface area contributed by atoms with Gasteiger partial charge >= 0.3 is 0 Å². The number of hydrogen-bond acceptors (Lipinski definition) is 3. The minimum atomic E-state index is -0.856. The molecule has 1 heterocycles. The van der Waals surface area contributed by atoms with Crippen molar-refractivity contribution >= 4 is 23.2 Å². The SMILES string of the molecule is CN1C(=O)Cc2cc(NC(=O)C3(C#N)CCC3)ccc21. The number of benzene rings is 1. The summed E-state index contributed by atoms with van der Waals surface area (Å²) in [6.07, 6.45) is 2.53.